The van der Waals surface area contributed by atoms with E-state index in [0.29, 0.717) is 35.1 Å². The van der Waals surface area contributed by atoms with Crippen LogP contribution in [-0.2, 0) is 14.8 Å². The van der Waals surface area contributed by atoms with Gasteiger partial charge in [0.15, 0.2) is 11.4 Å². The number of carbonyl (C=O) groups excluding carboxylic acids is 1. The van der Waals surface area contributed by atoms with E-state index in [1.165, 1.54) is 18.4 Å². The minimum Gasteiger partial charge on any atom is -0.459 e. The lowest BCUT2D eigenvalue weighted by atomic mass is 9.97. The lowest BCUT2D eigenvalue weighted by Crippen LogP contribution is -2.41. The van der Waals surface area contributed by atoms with E-state index in [1.807, 2.05) is 4.90 Å². The molecule has 1 aliphatic rings. The number of aromatic nitrogens is 2. The van der Waals surface area contributed by atoms with Gasteiger partial charge in [0.05, 0.1) is 17.1 Å². The first-order chi connectivity index (χ1) is 13.8. The second-order valence-electron chi connectivity index (χ2n) is 6.89. The van der Waals surface area contributed by atoms with Gasteiger partial charge in [-0.3, -0.25) is 4.79 Å². The van der Waals surface area contributed by atoms with Crippen LogP contribution in [0.5, 0.6) is 0 Å². The van der Waals surface area contributed by atoms with Gasteiger partial charge in [0.25, 0.3) is 0 Å². The van der Waals surface area contributed by atoms with Crippen molar-refractivity contribution in [3.05, 3.63) is 36.6 Å². The third kappa shape index (κ3) is 4.00. The Morgan fingerprint density at radius 2 is 1.97 bits per heavy atom. The van der Waals surface area contributed by atoms with Gasteiger partial charge < -0.3 is 20.4 Å². The summed E-state index contributed by atoms with van der Waals surface area (Å²) in [4.78, 5) is 22.6. The predicted octanol–water partition coefficient (Wildman–Crippen LogP) is 1.32. The number of benzene rings is 1. The Morgan fingerprint density at radius 3 is 2.66 bits per heavy atom. The van der Waals surface area contributed by atoms with Crippen molar-refractivity contribution < 1.29 is 17.6 Å². The molecule has 1 unspecified atom stereocenters. The number of nitrogens with zero attached hydrogens (tertiary/aromatic N) is 3. The Bertz CT molecular complexity index is 1160. The molecule has 1 aliphatic heterocycles. The van der Waals surface area contributed by atoms with Gasteiger partial charge in [0.1, 0.15) is 5.52 Å². The molecule has 152 valence electrons. The summed E-state index contributed by atoms with van der Waals surface area (Å²) in [5.74, 6) is 0.326. The molecule has 0 bridgehead atoms. The Kier molecular flexibility index (Phi) is 4.84. The summed E-state index contributed by atoms with van der Waals surface area (Å²) < 4.78 is 28.4. The number of anilines is 3. The largest absolute Gasteiger partial charge is 0.459 e. The molecule has 0 aliphatic carbocycles. The van der Waals surface area contributed by atoms with E-state index in [1.54, 1.807) is 18.2 Å². The molecular weight excluding hydrogens is 396 g/mol. The fourth-order valence-electron chi connectivity index (χ4n) is 3.38. The number of primary sulfonamides is 1. The number of piperidine rings is 1. The molecule has 1 amide bonds. The lowest BCUT2D eigenvalue weighted by Gasteiger charge is -2.32. The second-order valence-corrected chi connectivity index (χ2v) is 8.45. The lowest BCUT2D eigenvalue weighted by molar-refractivity contribution is -0.122. The average molecular weight is 416 g/mol. The molecule has 1 saturated heterocycles. The van der Waals surface area contributed by atoms with Gasteiger partial charge in [-0.1, -0.05) is 0 Å². The van der Waals surface area contributed by atoms with Crippen molar-refractivity contribution in [1.82, 2.24) is 9.97 Å². The number of nitrogens with one attached hydrogen (secondary N) is 1. The number of hydrogen-bond donors (Lipinski definition) is 3. The molecule has 10 nitrogen and oxygen atoms in total. The fourth-order valence-corrected chi connectivity index (χ4v) is 3.89. The minimum atomic E-state index is -3.76. The van der Waals surface area contributed by atoms with Gasteiger partial charge in [-0.05, 0) is 37.1 Å². The van der Waals surface area contributed by atoms with Crippen molar-refractivity contribution >= 4 is 44.5 Å². The highest BCUT2D eigenvalue weighted by molar-refractivity contribution is 7.89. The standard InChI is InChI=1S/C18H20N6O4S/c19-16(25)11-2-1-8-24(10-11)17-15-14(7-9-28-15)22-18(23-17)21-12-3-5-13(6-4-12)29(20,26)27/h3-7,9,11H,1-2,8,10H2,(H2,19,25)(H2,20,26,27)(H,21,22,23). The van der Waals surface area contributed by atoms with E-state index < -0.39 is 10.0 Å². The molecule has 11 heteroatoms. The van der Waals surface area contributed by atoms with Crippen LogP contribution in [0, 0.1) is 5.92 Å². The molecule has 2 aromatic heterocycles. The molecule has 0 saturated carbocycles. The Hall–Kier alpha value is -3.18. The van der Waals surface area contributed by atoms with Crippen LogP contribution in [0.1, 0.15) is 12.8 Å². The predicted molar refractivity (Wildman–Crippen MR) is 107 cm³/mol. The maximum atomic E-state index is 11.6. The number of fused-ring (bicyclic) bond motifs is 1. The van der Waals surface area contributed by atoms with Gasteiger partial charge in [0, 0.05) is 24.8 Å². The van der Waals surface area contributed by atoms with Gasteiger partial charge in [-0.2, -0.15) is 4.98 Å². The van der Waals surface area contributed by atoms with E-state index in [-0.39, 0.29) is 16.7 Å². The van der Waals surface area contributed by atoms with Crippen LogP contribution >= 0.6 is 0 Å². The van der Waals surface area contributed by atoms with Crippen molar-refractivity contribution in [2.45, 2.75) is 17.7 Å². The van der Waals surface area contributed by atoms with Gasteiger partial charge in [-0.15, -0.1) is 0 Å². The van der Waals surface area contributed by atoms with Crippen molar-refractivity contribution in [3.8, 4) is 0 Å². The number of amides is 1. The molecule has 0 spiro atoms. The number of primary amides is 1. The zero-order valence-electron chi connectivity index (χ0n) is 15.4. The summed E-state index contributed by atoms with van der Waals surface area (Å²) in [5.41, 5.74) is 7.23. The van der Waals surface area contributed by atoms with Gasteiger partial charge in [-0.25, -0.2) is 18.5 Å². The van der Waals surface area contributed by atoms with Crippen molar-refractivity contribution in [1.29, 1.82) is 0 Å². The van der Waals surface area contributed by atoms with Crippen LogP contribution in [0.3, 0.4) is 0 Å². The normalized spacial score (nSPS) is 17.4. The third-order valence-corrected chi connectivity index (χ3v) is 5.78. The monoisotopic (exact) mass is 416 g/mol. The van der Waals surface area contributed by atoms with E-state index >= 15 is 0 Å². The average Bonchev–Trinajstić information content (AvgIpc) is 3.16. The molecule has 0 radical (unpaired) electrons. The first-order valence-electron chi connectivity index (χ1n) is 9.00. The molecule has 1 aromatic carbocycles. The van der Waals surface area contributed by atoms with Gasteiger partial charge in [0.2, 0.25) is 21.9 Å². The number of carbonyl (C=O) groups is 1. The fraction of sp³-hybridized carbons (Fsp3) is 0.278. The highest BCUT2D eigenvalue weighted by atomic mass is 32.2. The molecular formula is C18H20N6O4S. The number of rotatable bonds is 5. The van der Waals surface area contributed by atoms with Crippen LogP contribution in [-0.4, -0.2) is 37.4 Å². The molecule has 3 aromatic rings. The highest BCUT2D eigenvalue weighted by Crippen LogP contribution is 2.30. The van der Waals surface area contributed by atoms with Crippen LogP contribution in [0.15, 0.2) is 45.9 Å². The zero-order valence-corrected chi connectivity index (χ0v) is 16.2. The molecule has 29 heavy (non-hydrogen) atoms. The number of nitrogens with two attached hydrogens (primary N) is 2. The highest BCUT2D eigenvalue weighted by Gasteiger charge is 2.27. The first kappa shape index (κ1) is 19.2. The number of hydrogen-bond acceptors (Lipinski definition) is 8. The summed E-state index contributed by atoms with van der Waals surface area (Å²) in [7, 11) is -3.76. The molecule has 4 rings (SSSR count). The Morgan fingerprint density at radius 1 is 1.21 bits per heavy atom. The summed E-state index contributed by atoms with van der Waals surface area (Å²) >= 11 is 0. The van der Waals surface area contributed by atoms with Crippen LogP contribution in [0.4, 0.5) is 17.5 Å². The number of furan rings is 1. The SMILES string of the molecule is NC(=O)C1CCCN(c2nc(Nc3ccc(S(N)(=O)=O)cc3)nc3ccoc23)C1. The number of sulfonamides is 1. The van der Waals surface area contributed by atoms with Crippen molar-refractivity contribution in [2.75, 3.05) is 23.3 Å². The molecule has 5 N–H and O–H groups in total. The summed E-state index contributed by atoms with van der Waals surface area (Å²) in [5, 5.41) is 8.18. The van der Waals surface area contributed by atoms with Crippen LogP contribution < -0.4 is 21.1 Å². The van der Waals surface area contributed by atoms with Crippen molar-refractivity contribution in [2.24, 2.45) is 16.8 Å². The summed E-state index contributed by atoms with van der Waals surface area (Å²) in [6.45, 7) is 1.18. The van der Waals surface area contributed by atoms with Crippen LogP contribution in [0.25, 0.3) is 11.1 Å². The maximum Gasteiger partial charge on any atom is 0.238 e. The van der Waals surface area contributed by atoms with Crippen LogP contribution in [0.2, 0.25) is 0 Å². The summed E-state index contributed by atoms with van der Waals surface area (Å²) in [6, 6.07) is 7.68. The topological polar surface area (TPSA) is 157 Å². The van der Waals surface area contributed by atoms with E-state index in [4.69, 9.17) is 15.3 Å². The molecule has 1 atom stereocenters. The Balaban J connectivity index is 1.65. The summed E-state index contributed by atoms with van der Waals surface area (Å²) in [6.07, 6.45) is 3.10. The smallest absolute Gasteiger partial charge is 0.238 e. The maximum absolute atomic E-state index is 11.6. The van der Waals surface area contributed by atoms with Gasteiger partial charge >= 0.3 is 0 Å². The Labute approximate surface area is 166 Å². The third-order valence-electron chi connectivity index (χ3n) is 4.85. The first-order valence-corrected chi connectivity index (χ1v) is 10.6. The van der Waals surface area contributed by atoms with E-state index in [9.17, 15) is 13.2 Å². The van der Waals surface area contributed by atoms with E-state index in [0.717, 1.165) is 19.4 Å². The molecule has 1 fully saturated rings. The quantitative estimate of drug-likeness (QED) is 0.562. The zero-order chi connectivity index (χ0) is 20.6. The van der Waals surface area contributed by atoms with Crippen molar-refractivity contribution in [3.63, 3.8) is 0 Å². The minimum absolute atomic E-state index is 0.0146. The second kappa shape index (κ2) is 7.33. The van der Waals surface area contributed by atoms with E-state index in [2.05, 4.69) is 15.3 Å². The molecule has 3 heterocycles.